The molecule has 11 heavy (non-hydrogen) atoms. The van der Waals surface area contributed by atoms with Gasteiger partial charge in [-0.05, 0) is 12.1 Å². The Morgan fingerprint density at radius 3 is 1.45 bits per heavy atom. The van der Waals surface area contributed by atoms with Crippen LogP contribution in [0.15, 0.2) is 0 Å². The van der Waals surface area contributed by atoms with Crippen LogP contribution in [0.2, 0.25) is 12.1 Å². The van der Waals surface area contributed by atoms with E-state index < -0.39 is 14.8 Å². The molecule has 0 atom stereocenters. The van der Waals surface area contributed by atoms with Crippen molar-refractivity contribution in [1.29, 1.82) is 0 Å². The Kier molecular flexibility index (Phi) is 9.39. The van der Waals surface area contributed by atoms with Crippen LogP contribution < -0.4 is 0 Å². The van der Waals surface area contributed by atoms with Crippen LogP contribution in [0.3, 0.4) is 0 Å². The predicted molar refractivity (Wildman–Crippen MR) is 61.2 cm³/mol. The third kappa shape index (κ3) is 11.6. The predicted octanol–water partition coefficient (Wildman–Crippen LogP) is 3.55. The van der Waals surface area contributed by atoms with E-state index in [2.05, 4.69) is 0 Å². The summed E-state index contributed by atoms with van der Waals surface area (Å²) in [6.45, 7) is -1.72. The van der Waals surface area contributed by atoms with Crippen molar-refractivity contribution in [1.82, 2.24) is 0 Å². The molecular weight excluding hydrogens is 258 g/mol. The van der Waals surface area contributed by atoms with Gasteiger partial charge in [0.05, 0.1) is 0 Å². The Hall–Kier alpha value is 1.59. The van der Waals surface area contributed by atoms with E-state index in [0.717, 1.165) is 0 Å². The summed E-state index contributed by atoms with van der Waals surface area (Å²) < 4.78 is 0. The lowest BCUT2D eigenvalue weighted by Gasteiger charge is -2.11. The lowest BCUT2D eigenvalue weighted by atomic mass is 10.3. The third-order valence-corrected chi connectivity index (χ3v) is 4.91. The lowest BCUT2D eigenvalue weighted by molar-refractivity contribution is 0.731. The van der Waals surface area contributed by atoms with Crippen LogP contribution in [0, 0.1) is 0 Å². The Labute approximate surface area is 90.2 Å². The number of rotatable bonds is 0. The molecule has 68 valence electrons. The molecule has 0 N–H and O–H groups in total. The zero-order chi connectivity index (χ0) is 8.69. The fraction of sp³-hybridized carbons (Fsp3) is 1.00. The van der Waals surface area contributed by atoms with Crippen molar-refractivity contribution in [2.45, 2.75) is 31.4 Å². The number of halogens is 4. The van der Waals surface area contributed by atoms with E-state index in [1.54, 1.807) is 0 Å². The minimum atomic E-state index is -1.72. The SMILES string of the molecule is Cl[SiH](Cl)Cl.Cl[SiH]1CCCCC1. The highest BCUT2D eigenvalue weighted by Gasteiger charge is 2.10. The molecule has 0 amide bonds. The van der Waals surface area contributed by atoms with Gasteiger partial charge in [-0.2, -0.15) is 11.1 Å². The first-order chi connectivity index (χ1) is 5.13. The summed E-state index contributed by atoms with van der Waals surface area (Å²) in [6.07, 6.45) is 4.27. The van der Waals surface area contributed by atoms with E-state index in [0.29, 0.717) is 0 Å². The van der Waals surface area contributed by atoms with Crippen LogP contribution in [0.5, 0.6) is 0 Å². The monoisotopic (exact) mass is 268 g/mol. The van der Waals surface area contributed by atoms with Crippen molar-refractivity contribution >= 4 is 59.1 Å². The standard InChI is InChI=1S/C5H11ClSi.Cl3HSi/c6-7-4-2-1-3-5-7;1-4(2)3/h7H,1-5H2;4H. The van der Waals surface area contributed by atoms with Crippen LogP contribution in [0.4, 0.5) is 0 Å². The maximum Gasteiger partial charge on any atom is 0.326 e. The highest BCUT2D eigenvalue weighted by Crippen LogP contribution is 2.20. The van der Waals surface area contributed by atoms with E-state index in [-0.39, 0.29) is 0 Å². The Morgan fingerprint density at radius 2 is 1.27 bits per heavy atom. The highest BCUT2D eigenvalue weighted by molar-refractivity contribution is 7.54. The molecule has 1 aliphatic rings. The molecule has 0 nitrogen and oxygen atoms in total. The summed E-state index contributed by atoms with van der Waals surface area (Å²) in [7, 11) is -0.622. The smallest absolute Gasteiger partial charge is 0.172 e. The summed E-state index contributed by atoms with van der Waals surface area (Å²) in [5.41, 5.74) is 0. The summed E-state index contributed by atoms with van der Waals surface area (Å²) in [6, 6.07) is 2.78. The summed E-state index contributed by atoms with van der Waals surface area (Å²) in [5, 5.41) is 0. The minimum Gasteiger partial charge on any atom is -0.172 e. The second-order valence-corrected chi connectivity index (χ2v) is 13.1. The molecule has 0 aromatic rings. The van der Waals surface area contributed by atoms with Crippen molar-refractivity contribution in [3.8, 4) is 0 Å². The van der Waals surface area contributed by atoms with Gasteiger partial charge in [0.2, 0.25) is 0 Å². The van der Waals surface area contributed by atoms with Crippen LogP contribution in [-0.2, 0) is 0 Å². The summed E-state index contributed by atoms with van der Waals surface area (Å²) >= 11 is 20.8. The lowest BCUT2D eigenvalue weighted by Crippen LogP contribution is -2.06. The molecule has 0 radical (unpaired) electrons. The summed E-state index contributed by atoms with van der Waals surface area (Å²) in [5.74, 6) is 0. The van der Waals surface area contributed by atoms with E-state index in [1.807, 2.05) is 0 Å². The van der Waals surface area contributed by atoms with Gasteiger partial charge in [0.1, 0.15) is 8.11 Å². The molecule has 0 aromatic carbocycles. The first-order valence-corrected chi connectivity index (χ1v) is 12.3. The fourth-order valence-electron chi connectivity index (χ4n) is 1.05. The van der Waals surface area contributed by atoms with Gasteiger partial charge < -0.3 is 0 Å². The molecule has 6 heteroatoms. The average Bonchev–Trinajstić information content (AvgIpc) is 1.87. The molecule has 1 aliphatic heterocycles. The maximum atomic E-state index is 5.96. The molecule has 0 bridgehead atoms. The molecule has 1 fully saturated rings. The van der Waals surface area contributed by atoms with Gasteiger partial charge in [0.15, 0.2) is 0 Å². The molecule has 0 spiro atoms. The molecular formula is C5H12Cl4Si2. The molecule has 0 saturated carbocycles. The van der Waals surface area contributed by atoms with Crippen molar-refractivity contribution in [3.05, 3.63) is 0 Å². The van der Waals surface area contributed by atoms with E-state index in [9.17, 15) is 0 Å². The van der Waals surface area contributed by atoms with Crippen LogP contribution >= 0.6 is 44.3 Å². The zero-order valence-corrected chi connectivity index (χ0v) is 11.5. The first kappa shape index (κ1) is 12.6. The van der Waals surface area contributed by atoms with E-state index >= 15 is 0 Å². The normalized spacial score (nSPS) is 19.4. The number of hydrogen-bond acceptors (Lipinski definition) is 0. The Morgan fingerprint density at radius 1 is 0.909 bits per heavy atom. The van der Waals surface area contributed by atoms with Gasteiger partial charge >= 0.3 is 6.73 Å². The highest BCUT2D eigenvalue weighted by atomic mass is 35.8. The van der Waals surface area contributed by atoms with E-state index in [1.165, 1.54) is 31.4 Å². The molecule has 1 saturated heterocycles. The van der Waals surface area contributed by atoms with Crippen molar-refractivity contribution < 1.29 is 0 Å². The minimum absolute atomic E-state index is 0.622. The molecule has 1 heterocycles. The van der Waals surface area contributed by atoms with Gasteiger partial charge in [-0.1, -0.05) is 19.3 Å². The average molecular weight is 270 g/mol. The topological polar surface area (TPSA) is 0 Å². The third-order valence-electron chi connectivity index (χ3n) is 1.53. The largest absolute Gasteiger partial charge is 0.326 e. The molecule has 1 rings (SSSR count). The van der Waals surface area contributed by atoms with Gasteiger partial charge in [0, 0.05) is 0 Å². The number of hydrogen-bond donors (Lipinski definition) is 0. The summed E-state index contributed by atoms with van der Waals surface area (Å²) in [4.78, 5) is 0. The van der Waals surface area contributed by atoms with E-state index in [4.69, 9.17) is 44.3 Å². The van der Waals surface area contributed by atoms with Gasteiger partial charge in [-0.15, -0.1) is 33.2 Å². The van der Waals surface area contributed by atoms with Crippen molar-refractivity contribution in [2.24, 2.45) is 0 Å². The van der Waals surface area contributed by atoms with Gasteiger partial charge in [0.25, 0.3) is 0 Å². The first-order valence-electron chi connectivity index (χ1n) is 3.69. The molecule has 0 aromatic heterocycles. The Balaban J connectivity index is 0.000000218. The van der Waals surface area contributed by atoms with Gasteiger partial charge in [-0.25, -0.2) is 0 Å². The zero-order valence-electron chi connectivity index (χ0n) is 6.20. The van der Waals surface area contributed by atoms with Crippen molar-refractivity contribution in [3.63, 3.8) is 0 Å². The van der Waals surface area contributed by atoms with Crippen molar-refractivity contribution in [2.75, 3.05) is 0 Å². The Bertz CT molecular complexity index is 81.8. The second-order valence-electron chi connectivity index (χ2n) is 2.48. The quantitative estimate of drug-likeness (QED) is 0.466. The van der Waals surface area contributed by atoms with Crippen LogP contribution in [0.25, 0.3) is 0 Å². The maximum absolute atomic E-state index is 5.96. The molecule has 0 aliphatic carbocycles. The second kappa shape index (κ2) is 8.20. The molecule has 0 unspecified atom stereocenters. The fourth-order valence-corrected chi connectivity index (χ4v) is 3.73. The van der Waals surface area contributed by atoms with Crippen LogP contribution in [0.1, 0.15) is 19.3 Å². The van der Waals surface area contributed by atoms with Crippen LogP contribution in [-0.4, -0.2) is 14.8 Å². The van der Waals surface area contributed by atoms with Gasteiger partial charge in [-0.3, -0.25) is 0 Å².